The number of amides is 1. The van der Waals surface area contributed by atoms with Gasteiger partial charge in [-0.05, 0) is 31.9 Å². The summed E-state index contributed by atoms with van der Waals surface area (Å²) in [6.07, 6.45) is 0.554. The van der Waals surface area contributed by atoms with E-state index in [1.165, 1.54) is 10.8 Å². The number of alkyl halides is 2. The Morgan fingerprint density at radius 3 is 2.95 bits per heavy atom. The summed E-state index contributed by atoms with van der Waals surface area (Å²) in [5.74, 6) is -0.190. The lowest BCUT2D eigenvalue weighted by molar-refractivity contribution is 0.0600. The summed E-state index contributed by atoms with van der Waals surface area (Å²) in [6.45, 7) is 2.08. The molecule has 0 spiro atoms. The zero-order chi connectivity index (χ0) is 14.0. The van der Waals surface area contributed by atoms with Gasteiger partial charge in [0, 0.05) is 24.8 Å². The standard InChI is InChI=1S/C13H19F2N3O/c1-9-7-10(16)4-6-18(9)13(19)11-3-2-5-17(11)8-12(14)15/h2-3,5,9-10,12H,4,6-8,16H2,1H3. The van der Waals surface area contributed by atoms with Crippen molar-refractivity contribution < 1.29 is 13.6 Å². The predicted octanol–water partition coefficient (Wildman–Crippen LogP) is 1.70. The maximum atomic E-state index is 12.4. The average Bonchev–Trinajstić information content (AvgIpc) is 2.75. The number of halogens is 2. The fourth-order valence-electron chi connectivity index (χ4n) is 2.57. The molecule has 0 bridgehead atoms. The largest absolute Gasteiger partial charge is 0.338 e. The Labute approximate surface area is 111 Å². The molecule has 1 aromatic rings. The second-order valence-corrected chi connectivity index (χ2v) is 5.07. The molecule has 2 unspecified atom stereocenters. The van der Waals surface area contributed by atoms with Crippen molar-refractivity contribution in [3.05, 3.63) is 24.0 Å². The molecule has 2 N–H and O–H groups in total. The van der Waals surface area contributed by atoms with E-state index in [9.17, 15) is 13.6 Å². The van der Waals surface area contributed by atoms with Gasteiger partial charge in [-0.15, -0.1) is 0 Å². The third-order valence-corrected chi connectivity index (χ3v) is 3.56. The minimum absolute atomic E-state index is 0.0474. The smallest absolute Gasteiger partial charge is 0.270 e. The first-order valence-electron chi connectivity index (χ1n) is 6.49. The van der Waals surface area contributed by atoms with Gasteiger partial charge in [0.05, 0.1) is 6.54 Å². The Hall–Kier alpha value is -1.43. The van der Waals surface area contributed by atoms with E-state index in [1.54, 1.807) is 17.0 Å². The number of piperidine rings is 1. The fourth-order valence-corrected chi connectivity index (χ4v) is 2.57. The minimum Gasteiger partial charge on any atom is -0.338 e. The Morgan fingerprint density at radius 2 is 2.32 bits per heavy atom. The van der Waals surface area contributed by atoms with E-state index >= 15 is 0 Å². The lowest BCUT2D eigenvalue weighted by atomic mass is 9.99. The van der Waals surface area contributed by atoms with Crippen molar-refractivity contribution in [3.8, 4) is 0 Å². The Morgan fingerprint density at radius 1 is 1.58 bits per heavy atom. The third-order valence-electron chi connectivity index (χ3n) is 3.56. The zero-order valence-electron chi connectivity index (χ0n) is 10.9. The van der Waals surface area contributed by atoms with Gasteiger partial charge in [0.1, 0.15) is 5.69 Å². The van der Waals surface area contributed by atoms with Gasteiger partial charge >= 0.3 is 0 Å². The molecule has 0 radical (unpaired) electrons. The first-order valence-corrected chi connectivity index (χ1v) is 6.49. The molecule has 6 heteroatoms. The van der Waals surface area contributed by atoms with Crippen LogP contribution in [-0.4, -0.2) is 40.4 Å². The highest BCUT2D eigenvalue weighted by molar-refractivity contribution is 5.93. The molecular formula is C13H19F2N3O. The van der Waals surface area contributed by atoms with E-state index < -0.39 is 13.0 Å². The summed E-state index contributed by atoms with van der Waals surface area (Å²) >= 11 is 0. The van der Waals surface area contributed by atoms with Crippen LogP contribution in [-0.2, 0) is 6.54 Å². The first-order chi connectivity index (χ1) is 8.99. The van der Waals surface area contributed by atoms with Crippen molar-refractivity contribution in [2.24, 2.45) is 5.73 Å². The van der Waals surface area contributed by atoms with Crippen molar-refractivity contribution in [2.45, 2.75) is 44.8 Å². The summed E-state index contributed by atoms with van der Waals surface area (Å²) < 4.78 is 26.2. The molecule has 2 atom stereocenters. The fraction of sp³-hybridized carbons (Fsp3) is 0.615. The van der Waals surface area contributed by atoms with Crippen molar-refractivity contribution in [2.75, 3.05) is 6.54 Å². The Kier molecular flexibility index (Phi) is 4.19. The average molecular weight is 271 g/mol. The van der Waals surface area contributed by atoms with Crippen LogP contribution in [0.15, 0.2) is 18.3 Å². The van der Waals surface area contributed by atoms with Crippen LogP contribution in [0, 0.1) is 0 Å². The molecule has 2 rings (SSSR count). The van der Waals surface area contributed by atoms with Crippen LogP contribution in [0.5, 0.6) is 0 Å². The predicted molar refractivity (Wildman–Crippen MR) is 68.1 cm³/mol. The van der Waals surface area contributed by atoms with Crippen LogP contribution in [0.4, 0.5) is 8.78 Å². The van der Waals surface area contributed by atoms with Crippen LogP contribution in [0.3, 0.4) is 0 Å². The molecule has 2 heterocycles. The van der Waals surface area contributed by atoms with Crippen LogP contribution < -0.4 is 5.73 Å². The maximum Gasteiger partial charge on any atom is 0.270 e. The number of carbonyl (C=O) groups excluding carboxylic acids is 1. The number of aromatic nitrogens is 1. The Bertz CT molecular complexity index is 447. The summed E-state index contributed by atoms with van der Waals surface area (Å²) in [6, 6.07) is 3.38. The molecule has 106 valence electrons. The van der Waals surface area contributed by atoms with E-state index in [2.05, 4.69) is 0 Å². The molecule has 1 amide bonds. The maximum absolute atomic E-state index is 12.4. The van der Waals surface area contributed by atoms with Gasteiger partial charge in [0.2, 0.25) is 0 Å². The van der Waals surface area contributed by atoms with Crippen molar-refractivity contribution in [3.63, 3.8) is 0 Å². The van der Waals surface area contributed by atoms with Crippen LogP contribution in [0.25, 0.3) is 0 Å². The molecule has 1 fully saturated rings. The van der Waals surface area contributed by atoms with Crippen LogP contribution >= 0.6 is 0 Å². The molecule has 0 saturated carbocycles. The number of rotatable bonds is 3. The molecule has 1 aliphatic heterocycles. The monoisotopic (exact) mass is 271 g/mol. The molecule has 0 aromatic carbocycles. The highest BCUT2D eigenvalue weighted by Crippen LogP contribution is 2.19. The van der Waals surface area contributed by atoms with Gasteiger partial charge in [0.25, 0.3) is 12.3 Å². The third kappa shape index (κ3) is 3.12. The van der Waals surface area contributed by atoms with E-state index in [4.69, 9.17) is 5.73 Å². The van der Waals surface area contributed by atoms with E-state index in [0.717, 1.165) is 12.8 Å². The summed E-state index contributed by atoms with van der Waals surface area (Å²) in [5, 5.41) is 0. The van der Waals surface area contributed by atoms with Gasteiger partial charge < -0.3 is 15.2 Å². The zero-order valence-corrected chi connectivity index (χ0v) is 10.9. The quantitative estimate of drug-likeness (QED) is 0.909. The minimum atomic E-state index is -2.47. The van der Waals surface area contributed by atoms with E-state index in [0.29, 0.717) is 12.2 Å². The molecular weight excluding hydrogens is 252 g/mol. The molecule has 19 heavy (non-hydrogen) atoms. The lowest BCUT2D eigenvalue weighted by Crippen LogP contribution is -2.48. The van der Waals surface area contributed by atoms with Gasteiger partial charge in [0.15, 0.2) is 0 Å². The summed E-state index contributed by atoms with van der Waals surface area (Å²) in [7, 11) is 0. The summed E-state index contributed by atoms with van der Waals surface area (Å²) in [4.78, 5) is 14.1. The molecule has 0 aliphatic carbocycles. The van der Waals surface area contributed by atoms with Crippen molar-refractivity contribution in [1.82, 2.24) is 9.47 Å². The lowest BCUT2D eigenvalue weighted by Gasteiger charge is -2.36. The molecule has 1 saturated heterocycles. The van der Waals surface area contributed by atoms with E-state index in [1.807, 2.05) is 6.92 Å². The number of carbonyl (C=O) groups is 1. The van der Waals surface area contributed by atoms with Gasteiger partial charge in [-0.25, -0.2) is 8.78 Å². The highest BCUT2D eigenvalue weighted by Gasteiger charge is 2.29. The number of nitrogens with zero attached hydrogens (tertiary/aromatic N) is 2. The highest BCUT2D eigenvalue weighted by atomic mass is 19.3. The SMILES string of the molecule is CC1CC(N)CCN1C(=O)c1cccn1CC(F)F. The van der Waals surface area contributed by atoms with Crippen molar-refractivity contribution in [1.29, 1.82) is 0 Å². The molecule has 1 aromatic heterocycles. The first kappa shape index (κ1) is 14.0. The topological polar surface area (TPSA) is 51.3 Å². The normalized spacial score (nSPS) is 23.9. The molecule has 4 nitrogen and oxygen atoms in total. The van der Waals surface area contributed by atoms with Gasteiger partial charge in [-0.1, -0.05) is 0 Å². The molecule has 1 aliphatic rings. The Balaban J connectivity index is 2.13. The van der Waals surface area contributed by atoms with Crippen LogP contribution in [0.1, 0.15) is 30.3 Å². The van der Waals surface area contributed by atoms with Crippen LogP contribution in [0.2, 0.25) is 0 Å². The number of likely N-dealkylation sites (tertiary alicyclic amines) is 1. The van der Waals surface area contributed by atoms with Gasteiger partial charge in [-0.3, -0.25) is 4.79 Å². The second kappa shape index (κ2) is 5.69. The second-order valence-electron chi connectivity index (χ2n) is 5.07. The van der Waals surface area contributed by atoms with E-state index in [-0.39, 0.29) is 18.0 Å². The number of nitrogens with two attached hydrogens (primary N) is 1. The summed E-state index contributed by atoms with van der Waals surface area (Å²) in [5.41, 5.74) is 6.18. The van der Waals surface area contributed by atoms with Crippen molar-refractivity contribution >= 4 is 5.91 Å². The number of hydrogen-bond donors (Lipinski definition) is 1. The van der Waals surface area contributed by atoms with Gasteiger partial charge in [-0.2, -0.15) is 0 Å². The number of hydrogen-bond acceptors (Lipinski definition) is 2.